The van der Waals surface area contributed by atoms with E-state index in [1.54, 1.807) is 11.0 Å². The van der Waals surface area contributed by atoms with Gasteiger partial charge in [-0.15, -0.1) is 24.8 Å². The van der Waals surface area contributed by atoms with Crippen molar-refractivity contribution < 1.29 is 13.9 Å². The summed E-state index contributed by atoms with van der Waals surface area (Å²) in [6.45, 7) is 2.33. The van der Waals surface area contributed by atoms with Crippen molar-refractivity contribution in [1.82, 2.24) is 10.2 Å². The highest BCUT2D eigenvalue weighted by Gasteiger charge is 2.34. The van der Waals surface area contributed by atoms with Crippen LogP contribution in [0.15, 0.2) is 16.6 Å². The first kappa shape index (κ1) is 20.7. The molecule has 21 heavy (non-hydrogen) atoms. The van der Waals surface area contributed by atoms with Gasteiger partial charge in [-0.2, -0.15) is 0 Å². The van der Waals surface area contributed by atoms with Crippen LogP contribution < -0.4 is 11.1 Å². The second-order valence-corrected chi connectivity index (χ2v) is 5.32. The van der Waals surface area contributed by atoms with Crippen molar-refractivity contribution in [2.75, 3.05) is 31.9 Å². The molecule has 0 spiro atoms. The van der Waals surface area contributed by atoms with Gasteiger partial charge in [0.15, 0.2) is 0 Å². The second-order valence-electron chi connectivity index (χ2n) is 4.46. The van der Waals surface area contributed by atoms with Crippen LogP contribution in [-0.2, 0) is 0 Å². The third-order valence-electron chi connectivity index (χ3n) is 3.27. The van der Waals surface area contributed by atoms with Gasteiger partial charge >= 0.3 is 0 Å². The first-order chi connectivity index (χ1) is 9.02. The van der Waals surface area contributed by atoms with Crippen molar-refractivity contribution in [3.63, 3.8) is 0 Å². The molecule has 0 amide bonds. The largest absolute Gasteiger partial charge is 0.505 e. The van der Waals surface area contributed by atoms with Gasteiger partial charge in [-0.3, -0.25) is 4.90 Å². The molecule has 0 unspecified atom stereocenters. The quantitative estimate of drug-likeness (QED) is 0.531. The maximum Gasteiger partial charge on any atom is 0.258 e. The van der Waals surface area contributed by atoms with E-state index in [0.717, 1.165) is 0 Å². The SMILES string of the molecule is Cl.Cl.Nc1ccc(Br)c([C@H](C(F)F)N2CCNCC2)c1O. The monoisotopic (exact) mass is 407 g/mol. The van der Waals surface area contributed by atoms with Gasteiger partial charge in [-0.1, -0.05) is 15.9 Å². The summed E-state index contributed by atoms with van der Waals surface area (Å²) in [5, 5.41) is 13.1. The average molecular weight is 409 g/mol. The fourth-order valence-corrected chi connectivity index (χ4v) is 2.86. The smallest absolute Gasteiger partial charge is 0.258 e. The van der Waals surface area contributed by atoms with Gasteiger partial charge in [0.1, 0.15) is 11.8 Å². The van der Waals surface area contributed by atoms with E-state index < -0.39 is 12.5 Å². The molecular formula is C12H18BrCl2F2N3O. The molecule has 0 radical (unpaired) electrons. The lowest BCUT2D eigenvalue weighted by molar-refractivity contribution is 0.0167. The Morgan fingerprint density at radius 1 is 1.24 bits per heavy atom. The number of hydrogen-bond donors (Lipinski definition) is 3. The molecule has 0 aliphatic carbocycles. The highest BCUT2D eigenvalue weighted by Crippen LogP contribution is 2.41. The molecule has 122 valence electrons. The van der Waals surface area contributed by atoms with E-state index in [2.05, 4.69) is 21.2 Å². The number of anilines is 1. The number of halogens is 5. The number of nitrogen functional groups attached to an aromatic ring is 1. The van der Waals surface area contributed by atoms with Crippen LogP contribution in [0.25, 0.3) is 0 Å². The van der Waals surface area contributed by atoms with Crippen LogP contribution in [0.2, 0.25) is 0 Å². The molecule has 1 fully saturated rings. The third kappa shape index (κ3) is 4.56. The van der Waals surface area contributed by atoms with Crippen molar-refractivity contribution in [3.8, 4) is 5.75 Å². The first-order valence-corrected chi connectivity index (χ1v) is 6.81. The van der Waals surface area contributed by atoms with Gasteiger partial charge in [-0.25, -0.2) is 8.78 Å². The minimum absolute atomic E-state index is 0. The molecule has 1 atom stereocenters. The lowest BCUT2D eigenvalue weighted by Gasteiger charge is -2.35. The zero-order valence-electron chi connectivity index (χ0n) is 11.1. The molecule has 1 aromatic carbocycles. The van der Waals surface area contributed by atoms with Gasteiger partial charge < -0.3 is 16.2 Å². The summed E-state index contributed by atoms with van der Waals surface area (Å²) >= 11 is 3.23. The van der Waals surface area contributed by atoms with Gasteiger partial charge in [-0.05, 0) is 12.1 Å². The highest BCUT2D eigenvalue weighted by atomic mass is 79.9. The van der Waals surface area contributed by atoms with Crippen LogP contribution in [-0.4, -0.2) is 42.6 Å². The summed E-state index contributed by atoms with van der Waals surface area (Å²) in [5.41, 5.74) is 5.88. The summed E-state index contributed by atoms with van der Waals surface area (Å²) in [6.07, 6.45) is -2.60. The Labute approximate surface area is 143 Å². The number of piperazine rings is 1. The molecule has 0 bridgehead atoms. The van der Waals surface area contributed by atoms with Crippen LogP contribution in [0.5, 0.6) is 5.75 Å². The summed E-state index contributed by atoms with van der Waals surface area (Å²) < 4.78 is 27.3. The van der Waals surface area contributed by atoms with Gasteiger partial charge in [0.05, 0.1) is 5.69 Å². The Bertz CT molecular complexity index is 462. The van der Waals surface area contributed by atoms with Crippen LogP contribution in [0, 0.1) is 0 Å². The Morgan fingerprint density at radius 3 is 2.33 bits per heavy atom. The van der Waals surface area contributed by atoms with Gasteiger partial charge in [0.2, 0.25) is 0 Å². The van der Waals surface area contributed by atoms with Crippen LogP contribution in [0.4, 0.5) is 14.5 Å². The van der Waals surface area contributed by atoms with Crippen molar-refractivity contribution in [3.05, 3.63) is 22.2 Å². The zero-order chi connectivity index (χ0) is 14.0. The predicted octanol–water partition coefficient (Wildman–Crippen LogP) is 2.79. The van der Waals surface area contributed by atoms with E-state index in [0.29, 0.717) is 30.7 Å². The molecule has 4 N–H and O–H groups in total. The topological polar surface area (TPSA) is 61.5 Å². The Hall–Kier alpha value is -0.340. The number of alkyl halides is 2. The van der Waals surface area contributed by atoms with Crippen molar-refractivity contribution in [1.29, 1.82) is 0 Å². The fraction of sp³-hybridized carbons (Fsp3) is 0.500. The zero-order valence-corrected chi connectivity index (χ0v) is 14.3. The van der Waals surface area contributed by atoms with Gasteiger partial charge in [0.25, 0.3) is 6.43 Å². The highest BCUT2D eigenvalue weighted by molar-refractivity contribution is 9.10. The van der Waals surface area contributed by atoms with Crippen LogP contribution >= 0.6 is 40.7 Å². The minimum Gasteiger partial charge on any atom is -0.505 e. The predicted molar refractivity (Wildman–Crippen MR) is 87.9 cm³/mol. The molecule has 0 aromatic heterocycles. The molecule has 1 aliphatic rings. The molecule has 1 saturated heterocycles. The van der Waals surface area contributed by atoms with Gasteiger partial charge in [0, 0.05) is 36.2 Å². The second kappa shape index (κ2) is 8.95. The molecule has 1 heterocycles. The fourth-order valence-electron chi connectivity index (χ4n) is 2.31. The maximum atomic E-state index is 13.4. The number of aromatic hydroxyl groups is 1. The van der Waals surface area contributed by atoms with Crippen molar-refractivity contribution in [2.24, 2.45) is 0 Å². The number of nitrogens with two attached hydrogens (primary N) is 1. The number of rotatable bonds is 3. The number of hydrogen-bond acceptors (Lipinski definition) is 4. The molecule has 4 nitrogen and oxygen atoms in total. The molecular weight excluding hydrogens is 391 g/mol. The number of phenols is 1. The summed E-state index contributed by atoms with van der Waals surface area (Å²) in [5.74, 6) is -0.266. The van der Waals surface area contributed by atoms with E-state index in [-0.39, 0.29) is 41.8 Å². The number of benzene rings is 1. The lowest BCUT2D eigenvalue weighted by atomic mass is 10.0. The van der Waals surface area contributed by atoms with E-state index in [1.807, 2.05) is 0 Å². The summed E-state index contributed by atoms with van der Waals surface area (Å²) in [6, 6.07) is 1.92. The number of phenolic OH excluding ortho intramolecular Hbond substituents is 1. The van der Waals surface area contributed by atoms with Crippen LogP contribution in [0.1, 0.15) is 11.6 Å². The Kier molecular flexibility index (Phi) is 8.80. The summed E-state index contributed by atoms with van der Waals surface area (Å²) in [4.78, 5) is 1.67. The van der Waals surface area contributed by atoms with E-state index in [4.69, 9.17) is 5.73 Å². The Morgan fingerprint density at radius 2 is 1.81 bits per heavy atom. The van der Waals surface area contributed by atoms with E-state index >= 15 is 0 Å². The lowest BCUT2D eigenvalue weighted by Crippen LogP contribution is -2.47. The number of nitrogens with zero attached hydrogens (tertiary/aromatic N) is 1. The average Bonchev–Trinajstić information content (AvgIpc) is 2.39. The number of nitrogens with one attached hydrogen (secondary N) is 1. The first-order valence-electron chi connectivity index (χ1n) is 6.02. The van der Waals surface area contributed by atoms with Crippen molar-refractivity contribution in [2.45, 2.75) is 12.5 Å². The standard InChI is InChI=1S/C12H16BrF2N3O.2ClH/c13-7-1-2-8(16)11(19)9(7)10(12(14)15)18-5-3-17-4-6-18;;/h1-2,10,12,17,19H,3-6,16H2;2*1H/t10-;;/m1../s1. The van der Waals surface area contributed by atoms with Crippen LogP contribution in [0.3, 0.4) is 0 Å². The minimum atomic E-state index is -2.60. The third-order valence-corrected chi connectivity index (χ3v) is 3.97. The summed E-state index contributed by atoms with van der Waals surface area (Å²) in [7, 11) is 0. The molecule has 1 aliphatic heterocycles. The molecule has 9 heteroatoms. The van der Waals surface area contributed by atoms with E-state index in [1.165, 1.54) is 6.07 Å². The van der Waals surface area contributed by atoms with Crippen molar-refractivity contribution >= 4 is 46.4 Å². The van der Waals surface area contributed by atoms with E-state index in [9.17, 15) is 13.9 Å². The molecule has 2 rings (SSSR count). The Balaban J connectivity index is 0.00000200. The normalized spacial score (nSPS) is 17.0. The molecule has 0 saturated carbocycles. The molecule has 1 aromatic rings. The maximum absolute atomic E-state index is 13.4.